The number of hydrogen-bond donors (Lipinski definition) is 5. The topological polar surface area (TPSA) is 110 Å². The van der Waals surface area contributed by atoms with Gasteiger partial charge in [-0.2, -0.15) is 0 Å². The number of nitrogens with one attached hydrogen (secondary N) is 4. The van der Waals surface area contributed by atoms with Crippen LogP contribution < -0.4 is 20.7 Å². The summed E-state index contributed by atoms with van der Waals surface area (Å²) in [5.74, 6) is 1.77. The normalized spacial score (nSPS) is 31.2. The lowest BCUT2D eigenvalue weighted by Gasteiger charge is -2.50. The van der Waals surface area contributed by atoms with Crippen molar-refractivity contribution in [3.63, 3.8) is 0 Å². The molecule has 4 unspecified atom stereocenters. The van der Waals surface area contributed by atoms with Crippen LogP contribution in [-0.2, 0) is 5.41 Å². The molecule has 3 aliphatic rings. The molecule has 0 saturated carbocycles. The minimum Gasteiger partial charge on any atom is -0.492 e. The summed E-state index contributed by atoms with van der Waals surface area (Å²) in [4.78, 5) is 15.5. The first kappa shape index (κ1) is 23.4. The van der Waals surface area contributed by atoms with E-state index < -0.39 is 17.7 Å². The van der Waals surface area contributed by atoms with Gasteiger partial charge in [0.2, 0.25) is 0 Å². The molecule has 8 heteroatoms. The molecule has 3 heterocycles. The first-order valence-corrected chi connectivity index (χ1v) is 11.9. The van der Waals surface area contributed by atoms with Gasteiger partial charge in [-0.05, 0) is 37.8 Å². The van der Waals surface area contributed by atoms with Crippen LogP contribution in [-0.4, -0.2) is 65.2 Å². The Morgan fingerprint density at radius 2 is 2.12 bits per heavy atom. The summed E-state index contributed by atoms with van der Waals surface area (Å²) < 4.78 is 5.94. The molecule has 180 valence electrons. The van der Waals surface area contributed by atoms with Gasteiger partial charge in [-0.25, -0.2) is 0 Å². The van der Waals surface area contributed by atoms with E-state index in [1.807, 2.05) is 39.0 Å². The second-order valence-electron chi connectivity index (χ2n) is 10.1. The third-order valence-corrected chi connectivity index (χ3v) is 7.68. The number of amides is 1. The molecular weight excluding hydrogens is 418 g/mol. The van der Waals surface area contributed by atoms with Crippen LogP contribution in [0.25, 0.3) is 0 Å². The number of benzene rings is 1. The second-order valence-corrected chi connectivity index (χ2v) is 10.1. The maximum Gasteiger partial charge on any atom is 0.255 e. The Morgan fingerprint density at radius 3 is 2.82 bits per heavy atom. The van der Waals surface area contributed by atoms with E-state index in [9.17, 15) is 9.90 Å². The van der Waals surface area contributed by atoms with Crippen LogP contribution in [0.15, 0.2) is 30.1 Å². The molecule has 2 saturated heterocycles. The Kier molecular flexibility index (Phi) is 6.07. The number of ether oxygens (including phenoxy) is 1. The molecule has 4 atom stereocenters. The SMILES string of the molecule is C/C=C1\NCC(NC(=N)CC)C2(C)C(O)C(NC(=O)c3cccc4c3OCCC4(C)C)CN12. The van der Waals surface area contributed by atoms with E-state index in [-0.39, 0.29) is 17.4 Å². The average Bonchev–Trinajstić information content (AvgIpc) is 3.05. The fourth-order valence-corrected chi connectivity index (χ4v) is 5.41. The number of carbonyl (C=O) groups excluding carboxylic acids is 1. The first-order chi connectivity index (χ1) is 15.6. The molecule has 1 aromatic rings. The number of carbonyl (C=O) groups is 1. The molecule has 8 nitrogen and oxygen atoms in total. The summed E-state index contributed by atoms with van der Waals surface area (Å²) in [6.07, 6.45) is 2.66. The highest BCUT2D eigenvalue weighted by Gasteiger charge is 2.57. The average molecular weight is 456 g/mol. The van der Waals surface area contributed by atoms with Crippen LogP contribution in [0.2, 0.25) is 0 Å². The van der Waals surface area contributed by atoms with Crippen LogP contribution >= 0.6 is 0 Å². The predicted molar refractivity (Wildman–Crippen MR) is 129 cm³/mol. The van der Waals surface area contributed by atoms with Crippen LogP contribution in [0.5, 0.6) is 5.75 Å². The zero-order chi connectivity index (χ0) is 24.0. The number of allylic oxidation sites excluding steroid dienone is 1. The van der Waals surface area contributed by atoms with E-state index >= 15 is 0 Å². The summed E-state index contributed by atoms with van der Waals surface area (Å²) >= 11 is 0. The number of para-hydroxylation sites is 1. The Labute approximate surface area is 196 Å². The standard InChI is InChI=1S/C25H37N5O3/c1-6-19(26)29-18-13-27-20(7-2)30-14-17(22(31)25(18,30)5)28-23(32)15-9-8-10-16-21(15)33-12-11-24(16,3)4/h7-10,17-18,22,27,31H,6,11-14H2,1-5H3,(H2,26,29)(H,28,32)/b20-7+. The van der Waals surface area contributed by atoms with Gasteiger partial charge in [0.05, 0.1) is 41.4 Å². The largest absolute Gasteiger partial charge is 0.492 e. The lowest BCUT2D eigenvalue weighted by Crippen LogP contribution is -2.69. The molecule has 33 heavy (non-hydrogen) atoms. The highest BCUT2D eigenvalue weighted by Crippen LogP contribution is 2.41. The molecule has 1 amide bonds. The second kappa shape index (κ2) is 8.56. The Morgan fingerprint density at radius 1 is 1.36 bits per heavy atom. The molecular formula is C25H37N5O3. The van der Waals surface area contributed by atoms with E-state index in [1.54, 1.807) is 6.07 Å². The number of amidine groups is 1. The van der Waals surface area contributed by atoms with Crippen LogP contribution in [0.1, 0.15) is 63.4 Å². The number of rotatable bonds is 4. The van der Waals surface area contributed by atoms with E-state index in [4.69, 9.17) is 10.1 Å². The monoisotopic (exact) mass is 455 g/mol. The fraction of sp³-hybridized carbons (Fsp3) is 0.600. The van der Waals surface area contributed by atoms with Gasteiger partial charge < -0.3 is 30.7 Å². The van der Waals surface area contributed by atoms with E-state index in [0.717, 1.165) is 17.8 Å². The maximum absolute atomic E-state index is 13.4. The summed E-state index contributed by atoms with van der Waals surface area (Å²) in [6, 6.07) is 5.07. The lowest BCUT2D eigenvalue weighted by atomic mass is 9.79. The molecule has 2 fully saturated rings. The third-order valence-electron chi connectivity index (χ3n) is 7.68. The fourth-order valence-electron chi connectivity index (χ4n) is 5.41. The van der Waals surface area contributed by atoms with Gasteiger partial charge in [0.25, 0.3) is 5.91 Å². The zero-order valence-corrected chi connectivity index (χ0v) is 20.3. The Balaban J connectivity index is 1.60. The summed E-state index contributed by atoms with van der Waals surface area (Å²) in [5, 5.41) is 29.4. The minimum atomic E-state index is -0.822. The zero-order valence-electron chi connectivity index (χ0n) is 20.3. The highest BCUT2D eigenvalue weighted by molar-refractivity contribution is 5.98. The van der Waals surface area contributed by atoms with Gasteiger partial charge in [-0.3, -0.25) is 10.2 Å². The molecule has 0 radical (unpaired) electrons. The summed E-state index contributed by atoms with van der Waals surface area (Å²) in [6.45, 7) is 11.9. The van der Waals surface area contributed by atoms with E-state index in [2.05, 4.69) is 34.7 Å². The van der Waals surface area contributed by atoms with Crippen molar-refractivity contribution in [1.82, 2.24) is 20.9 Å². The molecule has 0 bridgehead atoms. The Hall–Kier alpha value is -2.74. The Bertz CT molecular complexity index is 975. The van der Waals surface area contributed by atoms with Crippen molar-refractivity contribution < 1.29 is 14.6 Å². The van der Waals surface area contributed by atoms with E-state index in [1.165, 1.54) is 0 Å². The van der Waals surface area contributed by atoms with Crippen molar-refractivity contribution in [3.8, 4) is 5.75 Å². The number of nitrogens with zero attached hydrogens (tertiary/aromatic N) is 1. The van der Waals surface area contributed by atoms with Gasteiger partial charge in [-0.15, -0.1) is 0 Å². The number of aliphatic hydroxyl groups excluding tert-OH is 1. The smallest absolute Gasteiger partial charge is 0.255 e. The molecule has 0 aliphatic carbocycles. The van der Waals surface area contributed by atoms with Crippen molar-refractivity contribution in [2.45, 2.75) is 76.6 Å². The van der Waals surface area contributed by atoms with Crippen molar-refractivity contribution in [1.29, 1.82) is 5.41 Å². The van der Waals surface area contributed by atoms with Crippen molar-refractivity contribution in [2.24, 2.45) is 0 Å². The van der Waals surface area contributed by atoms with Gasteiger partial charge in [-0.1, -0.05) is 32.9 Å². The molecule has 1 aromatic carbocycles. The molecule has 0 spiro atoms. The maximum atomic E-state index is 13.4. The van der Waals surface area contributed by atoms with Crippen molar-refractivity contribution in [3.05, 3.63) is 41.2 Å². The first-order valence-electron chi connectivity index (χ1n) is 11.9. The summed E-state index contributed by atoms with van der Waals surface area (Å²) in [5.41, 5.74) is 0.816. The number of hydrogen-bond acceptors (Lipinski definition) is 6. The third kappa shape index (κ3) is 3.84. The summed E-state index contributed by atoms with van der Waals surface area (Å²) in [7, 11) is 0. The predicted octanol–water partition coefficient (Wildman–Crippen LogP) is 2.09. The quantitative estimate of drug-likeness (QED) is 0.351. The molecule has 4 rings (SSSR count). The number of aliphatic hydroxyl groups is 1. The van der Waals surface area contributed by atoms with Gasteiger partial charge in [0, 0.05) is 25.1 Å². The van der Waals surface area contributed by atoms with Crippen LogP contribution in [0.4, 0.5) is 0 Å². The lowest BCUT2D eigenvalue weighted by molar-refractivity contribution is 0.00829. The minimum absolute atomic E-state index is 0.0556. The molecule has 5 N–H and O–H groups in total. The van der Waals surface area contributed by atoms with Gasteiger partial charge >= 0.3 is 0 Å². The van der Waals surface area contributed by atoms with Gasteiger partial charge in [0.1, 0.15) is 11.9 Å². The van der Waals surface area contributed by atoms with Crippen molar-refractivity contribution in [2.75, 3.05) is 19.7 Å². The van der Waals surface area contributed by atoms with Crippen LogP contribution in [0.3, 0.4) is 0 Å². The molecule has 0 aromatic heterocycles. The molecule has 3 aliphatic heterocycles. The number of fused-ring (bicyclic) bond motifs is 2. The van der Waals surface area contributed by atoms with Crippen molar-refractivity contribution >= 4 is 11.7 Å². The van der Waals surface area contributed by atoms with Gasteiger partial charge in [0.15, 0.2) is 0 Å². The highest BCUT2D eigenvalue weighted by atomic mass is 16.5. The van der Waals surface area contributed by atoms with E-state index in [0.29, 0.717) is 43.3 Å². The van der Waals surface area contributed by atoms with Crippen LogP contribution in [0, 0.1) is 5.41 Å².